The first-order valence-electron chi connectivity index (χ1n) is 18.8. The Kier molecular flexibility index (Phi) is 20.6. The SMILES string of the molecule is C[C@H](O)CCC(=O)c1ccc2c(n1)N(C(=O)Nc1ccccn1)[C@H]1CCN2C1.C[C@H](O)CN.O=C(O)c1ccc2c(n1)N(C(=O)Nc1ccccn1)[C@H]1CCN2C1.S.S.S.S. The van der Waals surface area contributed by atoms with Gasteiger partial charge < -0.3 is 30.9 Å². The van der Waals surface area contributed by atoms with Gasteiger partial charge in [-0.3, -0.25) is 25.2 Å². The highest BCUT2D eigenvalue weighted by atomic mass is 32.1. The van der Waals surface area contributed by atoms with Crippen molar-refractivity contribution in [2.45, 2.75) is 63.8 Å². The van der Waals surface area contributed by atoms with Crippen molar-refractivity contribution in [3.05, 3.63) is 84.4 Å². The molecule has 332 valence electrons. The van der Waals surface area contributed by atoms with Crippen LogP contribution in [-0.4, -0.2) is 116 Å². The number of fused-ring (bicyclic) bond motifs is 8. The first kappa shape index (κ1) is 52.3. The van der Waals surface area contributed by atoms with Crippen molar-refractivity contribution in [1.29, 1.82) is 0 Å². The maximum Gasteiger partial charge on any atom is 0.354 e. The number of nitrogens with one attached hydrogen (secondary N) is 2. The predicted molar refractivity (Wildman–Crippen MR) is 256 cm³/mol. The summed E-state index contributed by atoms with van der Waals surface area (Å²) in [5.41, 5.74) is 6.80. The highest BCUT2D eigenvalue weighted by molar-refractivity contribution is 7.59. The molecule has 4 aliphatic heterocycles. The van der Waals surface area contributed by atoms with Gasteiger partial charge in [-0.15, -0.1) is 0 Å². The van der Waals surface area contributed by atoms with Crippen molar-refractivity contribution >= 4 is 112 Å². The lowest BCUT2D eigenvalue weighted by Crippen LogP contribution is -2.48. The van der Waals surface area contributed by atoms with Gasteiger partial charge in [0.1, 0.15) is 17.3 Å². The maximum atomic E-state index is 13.0. The van der Waals surface area contributed by atoms with E-state index in [0.29, 0.717) is 41.9 Å². The molecular formula is C39H55N11O7S4. The predicted octanol–water partition coefficient (Wildman–Crippen LogP) is 4.03. The Morgan fingerprint density at radius 3 is 1.54 bits per heavy atom. The molecule has 8 rings (SSSR count). The zero-order chi connectivity index (χ0) is 40.6. The summed E-state index contributed by atoms with van der Waals surface area (Å²) >= 11 is 0. The summed E-state index contributed by atoms with van der Waals surface area (Å²) in [5.74, 6) is 0.553. The molecule has 4 bridgehead atoms. The van der Waals surface area contributed by atoms with Crippen molar-refractivity contribution in [3.8, 4) is 0 Å². The molecule has 4 amide bonds. The van der Waals surface area contributed by atoms with E-state index in [2.05, 4.69) is 40.4 Å². The number of hydrogen-bond acceptors (Lipinski definition) is 13. The first-order chi connectivity index (χ1) is 27.4. The van der Waals surface area contributed by atoms with Gasteiger partial charge >= 0.3 is 18.0 Å². The van der Waals surface area contributed by atoms with Crippen molar-refractivity contribution < 1.29 is 34.5 Å². The summed E-state index contributed by atoms with van der Waals surface area (Å²) in [4.78, 5) is 74.0. The number of aromatic carboxylic acids is 1. The van der Waals surface area contributed by atoms with Crippen LogP contribution in [0.1, 0.15) is 60.5 Å². The molecular weight excluding hydrogens is 863 g/mol. The quantitative estimate of drug-likeness (QED) is 0.137. The second kappa shape index (κ2) is 24.0. The second-order valence-corrected chi connectivity index (χ2v) is 14.1. The monoisotopic (exact) mass is 917 g/mol. The molecule has 22 heteroatoms. The Hall–Kier alpha value is -4.84. The Balaban J connectivity index is 0.000000360. The van der Waals surface area contributed by atoms with Gasteiger partial charge in [0, 0.05) is 51.5 Å². The van der Waals surface area contributed by atoms with Crippen LogP contribution in [0.3, 0.4) is 0 Å². The lowest BCUT2D eigenvalue weighted by atomic mass is 10.1. The van der Waals surface area contributed by atoms with Gasteiger partial charge in [0.15, 0.2) is 23.1 Å². The van der Waals surface area contributed by atoms with Crippen molar-refractivity contribution in [2.24, 2.45) is 5.73 Å². The number of urea groups is 2. The molecule has 4 atom stereocenters. The molecule has 8 heterocycles. The van der Waals surface area contributed by atoms with Gasteiger partial charge in [-0.1, -0.05) is 12.1 Å². The van der Waals surface area contributed by atoms with E-state index >= 15 is 0 Å². The molecule has 0 unspecified atom stereocenters. The van der Waals surface area contributed by atoms with E-state index in [0.717, 1.165) is 50.4 Å². The van der Waals surface area contributed by atoms with Crippen LogP contribution in [0.15, 0.2) is 73.1 Å². The molecule has 0 aliphatic carbocycles. The highest BCUT2D eigenvalue weighted by Crippen LogP contribution is 2.40. The number of carbonyl (C=O) groups is 4. The molecule has 0 saturated carbocycles. The molecule has 18 nitrogen and oxygen atoms in total. The van der Waals surface area contributed by atoms with Gasteiger partial charge in [0.25, 0.3) is 0 Å². The number of nitrogens with zero attached hydrogens (tertiary/aromatic N) is 8. The normalized spacial score (nSPS) is 16.9. The van der Waals surface area contributed by atoms with Gasteiger partial charge in [-0.25, -0.2) is 34.3 Å². The van der Waals surface area contributed by atoms with Gasteiger partial charge in [0.2, 0.25) is 0 Å². The molecule has 2 fully saturated rings. The van der Waals surface area contributed by atoms with Crippen molar-refractivity contribution in [1.82, 2.24) is 19.9 Å². The lowest BCUT2D eigenvalue weighted by molar-refractivity contribution is 0.0690. The molecule has 0 spiro atoms. The number of amides is 4. The molecule has 4 aromatic heterocycles. The number of pyridine rings is 4. The number of Topliss-reactive ketones (excluding diaryl/α,β-unsaturated/α-hetero) is 1. The third-order valence-electron chi connectivity index (χ3n) is 9.78. The van der Waals surface area contributed by atoms with E-state index in [4.69, 9.17) is 10.8 Å². The number of carbonyl (C=O) groups excluding carboxylic acids is 3. The largest absolute Gasteiger partial charge is 0.477 e. The topological polar surface area (TPSA) is 244 Å². The fourth-order valence-corrected chi connectivity index (χ4v) is 6.90. The molecule has 4 aliphatic rings. The fraction of sp³-hybridized carbons (Fsp3) is 0.385. The van der Waals surface area contributed by atoms with E-state index < -0.39 is 12.1 Å². The van der Waals surface area contributed by atoms with Crippen molar-refractivity contribution in [2.75, 3.05) is 63.0 Å². The van der Waals surface area contributed by atoms with Crippen LogP contribution in [0.5, 0.6) is 0 Å². The summed E-state index contributed by atoms with van der Waals surface area (Å²) in [5, 5.41) is 32.4. The highest BCUT2D eigenvalue weighted by Gasteiger charge is 2.42. The number of hydrogen-bond donors (Lipinski definition) is 6. The van der Waals surface area contributed by atoms with Gasteiger partial charge in [-0.05, 0) is 81.6 Å². The van der Waals surface area contributed by atoms with E-state index in [9.17, 15) is 29.4 Å². The van der Waals surface area contributed by atoms with Crippen LogP contribution in [0, 0.1) is 0 Å². The number of carboxylic acids is 1. The van der Waals surface area contributed by atoms with E-state index in [1.807, 2.05) is 6.07 Å². The lowest BCUT2D eigenvalue weighted by Gasteiger charge is -2.35. The minimum absolute atomic E-state index is 0. The van der Waals surface area contributed by atoms with Gasteiger partial charge in [0.05, 0.1) is 35.7 Å². The average Bonchev–Trinajstić information content (AvgIpc) is 3.83. The maximum absolute atomic E-state index is 13.0. The Morgan fingerprint density at radius 2 is 1.15 bits per heavy atom. The molecule has 4 aromatic rings. The number of aliphatic hydroxyl groups excluding tert-OH is 2. The number of nitrogens with two attached hydrogens (primary N) is 1. The number of anilines is 6. The smallest absolute Gasteiger partial charge is 0.354 e. The van der Waals surface area contributed by atoms with Crippen molar-refractivity contribution in [3.63, 3.8) is 0 Å². The Morgan fingerprint density at radius 1 is 0.705 bits per heavy atom. The molecule has 0 radical (unpaired) electrons. The summed E-state index contributed by atoms with van der Waals surface area (Å²) in [6, 6.07) is 16.6. The number of carboxylic acid groups (broad SMARTS) is 1. The van der Waals surface area contributed by atoms with Crippen LogP contribution in [0.4, 0.5) is 44.2 Å². The minimum atomic E-state index is -1.11. The van der Waals surface area contributed by atoms with E-state index in [-0.39, 0.29) is 102 Å². The molecule has 7 N–H and O–H groups in total. The third kappa shape index (κ3) is 12.8. The molecule has 0 aromatic carbocycles. The molecule has 61 heavy (non-hydrogen) atoms. The summed E-state index contributed by atoms with van der Waals surface area (Å²) < 4.78 is 0. The summed E-state index contributed by atoms with van der Waals surface area (Å²) in [6.45, 7) is 6.81. The fourth-order valence-electron chi connectivity index (χ4n) is 6.90. The molecule has 2 saturated heterocycles. The standard InChI is InChI=1S/C20H23N5O3.C16H15N5O3.C3H9NO.4H2S/c1-13(26)5-8-17(27)15-6-7-16-19(22-15)25(14-9-11-24(16)12-14)20(28)23-18-4-2-3-10-21-18;22-15(23)11-4-5-12-14(18-11)21(10-6-8-20(12)9-10)16(24)19-13-3-1-2-7-17-13;1-3(5)2-4;;;;/h2-4,6-7,10,13-14,26H,5,8-9,11-12H2,1H3,(H,21,23,28);1-5,7,10H,6,8-9H2,(H,22,23)(H,17,19,24);3,5H,2,4H2,1H3;4*1H2/t13-,14-;10-;3-;;;;/m000..../s1. The van der Waals surface area contributed by atoms with Gasteiger partial charge in [-0.2, -0.15) is 54.0 Å². The van der Waals surface area contributed by atoms with E-state index in [1.54, 1.807) is 84.6 Å². The zero-order valence-corrected chi connectivity index (χ0v) is 37.7. The Labute approximate surface area is 382 Å². The summed E-state index contributed by atoms with van der Waals surface area (Å²) in [6.07, 6.45) is 4.60. The second-order valence-electron chi connectivity index (χ2n) is 14.1. The number of ketones is 1. The van der Waals surface area contributed by atoms with E-state index in [1.165, 1.54) is 6.07 Å². The minimum Gasteiger partial charge on any atom is -0.477 e. The summed E-state index contributed by atoms with van der Waals surface area (Å²) in [7, 11) is 0. The first-order valence-corrected chi connectivity index (χ1v) is 18.8. The van der Waals surface area contributed by atoms with Crippen LogP contribution >= 0.6 is 54.0 Å². The Bertz CT molecular complexity index is 2080. The zero-order valence-electron chi connectivity index (χ0n) is 33.7. The number of aliphatic hydroxyl groups is 2. The van der Waals surface area contributed by atoms with Crippen LogP contribution < -0.4 is 36.0 Å². The average molecular weight is 918 g/mol. The van der Waals surface area contributed by atoms with Crippen LogP contribution in [0.2, 0.25) is 0 Å². The number of rotatable bonds is 8. The van der Waals surface area contributed by atoms with Crippen LogP contribution in [-0.2, 0) is 0 Å². The third-order valence-corrected chi connectivity index (χ3v) is 9.78. The van der Waals surface area contributed by atoms with Crippen LogP contribution in [0.25, 0.3) is 0 Å². The number of aromatic nitrogens is 4.